The van der Waals surface area contributed by atoms with Gasteiger partial charge in [0.25, 0.3) is 0 Å². The molecule has 0 radical (unpaired) electrons. The van der Waals surface area contributed by atoms with Crippen molar-refractivity contribution >= 4 is 35.6 Å². The molecule has 1 aliphatic rings. The molecule has 1 aromatic rings. The summed E-state index contributed by atoms with van der Waals surface area (Å²) in [4.78, 5) is 80.0. The SMILES string of the molecule is NC(=O)CC(NC(=O)C(N)Cc1cnc[nH]1)C(=O)N1CCCC1C(=O)NC(CCC(=O)O)C(=O)O. The Kier molecular flexibility index (Phi) is 9.69. The minimum atomic E-state index is -1.46. The zero-order chi connectivity index (χ0) is 26.1. The standard InChI is InChI=1S/C20H29N7O8/c21-11(6-10-8-23-9-24-10)17(31)26-13(7-15(22)28)19(33)27-5-1-2-14(27)18(32)25-12(20(34)35)3-4-16(29)30/h8-9,11-14H,1-7,21H2,(H2,22,28)(H,23,24)(H,25,32)(H,26,31)(H,29,30)(H,34,35). The molecule has 0 aliphatic carbocycles. The monoisotopic (exact) mass is 495 g/mol. The Labute approximate surface area is 199 Å². The average molecular weight is 495 g/mol. The van der Waals surface area contributed by atoms with Crippen LogP contribution < -0.4 is 22.1 Å². The average Bonchev–Trinajstić information content (AvgIpc) is 3.46. The molecule has 4 unspecified atom stereocenters. The lowest BCUT2D eigenvalue weighted by atomic mass is 10.1. The van der Waals surface area contributed by atoms with E-state index < -0.39 is 72.6 Å². The normalized spacial score (nSPS) is 17.7. The molecule has 2 heterocycles. The number of rotatable bonds is 13. The number of amides is 4. The first-order valence-corrected chi connectivity index (χ1v) is 10.9. The molecule has 0 spiro atoms. The Bertz CT molecular complexity index is 951. The van der Waals surface area contributed by atoms with Gasteiger partial charge in [-0.3, -0.25) is 24.0 Å². The molecule has 35 heavy (non-hydrogen) atoms. The van der Waals surface area contributed by atoms with Gasteiger partial charge < -0.3 is 42.2 Å². The van der Waals surface area contributed by atoms with Crippen molar-refractivity contribution in [2.75, 3.05) is 6.54 Å². The number of imidazole rings is 1. The third-order valence-corrected chi connectivity index (χ3v) is 5.45. The molecule has 15 heteroatoms. The fourth-order valence-electron chi connectivity index (χ4n) is 3.70. The molecule has 1 aromatic heterocycles. The number of likely N-dealkylation sites (tertiary alicyclic amines) is 1. The first-order chi connectivity index (χ1) is 16.5. The van der Waals surface area contributed by atoms with Crippen molar-refractivity contribution in [1.29, 1.82) is 0 Å². The van der Waals surface area contributed by atoms with Crippen LogP contribution >= 0.6 is 0 Å². The second-order valence-electron chi connectivity index (χ2n) is 8.14. The number of H-pyrrole nitrogens is 1. The topological polar surface area (TPSA) is 251 Å². The van der Waals surface area contributed by atoms with E-state index in [0.717, 1.165) is 4.90 Å². The molecule has 192 valence electrons. The second kappa shape index (κ2) is 12.5. The number of hydrogen-bond acceptors (Lipinski definition) is 8. The van der Waals surface area contributed by atoms with Gasteiger partial charge in [0.1, 0.15) is 18.1 Å². The number of nitrogens with two attached hydrogens (primary N) is 2. The van der Waals surface area contributed by atoms with Gasteiger partial charge in [-0.1, -0.05) is 0 Å². The van der Waals surface area contributed by atoms with Crippen molar-refractivity contribution in [3.63, 3.8) is 0 Å². The highest BCUT2D eigenvalue weighted by Crippen LogP contribution is 2.20. The second-order valence-corrected chi connectivity index (χ2v) is 8.14. The van der Waals surface area contributed by atoms with Gasteiger partial charge in [-0.25, -0.2) is 9.78 Å². The van der Waals surface area contributed by atoms with E-state index in [1.807, 2.05) is 0 Å². The largest absolute Gasteiger partial charge is 0.481 e. The number of carbonyl (C=O) groups excluding carboxylic acids is 4. The van der Waals surface area contributed by atoms with Crippen molar-refractivity contribution in [2.24, 2.45) is 11.5 Å². The van der Waals surface area contributed by atoms with E-state index in [-0.39, 0.29) is 25.8 Å². The first-order valence-electron chi connectivity index (χ1n) is 10.9. The third kappa shape index (κ3) is 8.06. The van der Waals surface area contributed by atoms with E-state index in [2.05, 4.69) is 20.6 Å². The number of nitrogens with zero attached hydrogens (tertiary/aromatic N) is 2. The van der Waals surface area contributed by atoms with Crippen LogP contribution in [0.25, 0.3) is 0 Å². The number of aromatic amines is 1. The highest BCUT2D eigenvalue weighted by Gasteiger charge is 2.39. The van der Waals surface area contributed by atoms with Crippen LogP contribution in [-0.4, -0.2) is 91.4 Å². The van der Waals surface area contributed by atoms with Gasteiger partial charge in [0.2, 0.25) is 23.6 Å². The quantitative estimate of drug-likeness (QED) is 0.147. The van der Waals surface area contributed by atoms with Gasteiger partial charge in [0, 0.05) is 31.3 Å². The van der Waals surface area contributed by atoms with E-state index in [9.17, 15) is 33.9 Å². The number of carboxylic acids is 2. The van der Waals surface area contributed by atoms with Crippen molar-refractivity contribution in [3.8, 4) is 0 Å². The number of nitrogens with one attached hydrogen (secondary N) is 3. The summed E-state index contributed by atoms with van der Waals surface area (Å²) in [6.07, 6.45) is 2.24. The molecular weight excluding hydrogens is 466 g/mol. The van der Waals surface area contributed by atoms with Crippen LogP contribution in [-0.2, 0) is 35.2 Å². The van der Waals surface area contributed by atoms with Crippen LogP contribution in [0.1, 0.15) is 37.8 Å². The number of carbonyl (C=O) groups is 6. The van der Waals surface area contributed by atoms with Crippen LogP contribution in [0.2, 0.25) is 0 Å². The maximum Gasteiger partial charge on any atom is 0.326 e. The molecule has 0 saturated carbocycles. The van der Waals surface area contributed by atoms with Gasteiger partial charge in [0.15, 0.2) is 0 Å². The predicted molar refractivity (Wildman–Crippen MR) is 117 cm³/mol. The molecular formula is C20H29N7O8. The summed E-state index contributed by atoms with van der Waals surface area (Å²) in [5.41, 5.74) is 11.7. The molecule has 15 nitrogen and oxygen atoms in total. The molecule has 1 fully saturated rings. The Morgan fingerprint density at radius 1 is 1.17 bits per heavy atom. The summed E-state index contributed by atoms with van der Waals surface area (Å²) in [6, 6.07) is -4.98. The highest BCUT2D eigenvalue weighted by atomic mass is 16.4. The molecule has 2 rings (SSSR count). The molecule has 4 amide bonds. The zero-order valence-electron chi connectivity index (χ0n) is 18.8. The van der Waals surface area contributed by atoms with E-state index >= 15 is 0 Å². The third-order valence-electron chi connectivity index (χ3n) is 5.45. The minimum absolute atomic E-state index is 0.0883. The fraction of sp³-hybridized carbons (Fsp3) is 0.550. The Morgan fingerprint density at radius 2 is 1.89 bits per heavy atom. The van der Waals surface area contributed by atoms with E-state index in [4.69, 9.17) is 16.6 Å². The van der Waals surface area contributed by atoms with E-state index in [1.165, 1.54) is 12.5 Å². The Balaban J connectivity index is 2.09. The zero-order valence-corrected chi connectivity index (χ0v) is 18.8. The fourth-order valence-corrected chi connectivity index (χ4v) is 3.70. The summed E-state index contributed by atoms with van der Waals surface area (Å²) >= 11 is 0. The van der Waals surface area contributed by atoms with Crippen molar-refractivity contribution < 1.29 is 39.0 Å². The predicted octanol–water partition coefficient (Wildman–Crippen LogP) is -2.94. The van der Waals surface area contributed by atoms with E-state index in [0.29, 0.717) is 12.1 Å². The smallest absolute Gasteiger partial charge is 0.326 e. The number of carboxylic acid groups (broad SMARTS) is 2. The lowest BCUT2D eigenvalue weighted by Crippen LogP contribution is -2.57. The van der Waals surface area contributed by atoms with Gasteiger partial charge in [-0.15, -0.1) is 0 Å². The lowest BCUT2D eigenvalue weighted by Gasteiger charge is -2.29. The van der Waals surface area contributed by atoms with Crippen molar-refractivity contribution in [3.05, 3.63) is 18.2 Å². The number of aromatic nitrogens is 2. The molecule has 0 bridgehead atoms. The van der Waals surface area contributed by atoms with Gasteiger partial charge in [-0.2, -0.15) is 0 Å². The van der Waals surface area contributed by atoms with Crippen LogP contribution in [0.15, 0.2) is 12.5 Å². The Hall–Kier alpha value is -4.01. The van der Waals surface area contributed by atoms with Gasteiger partial charge >= 0.3 is 11.9 Å². The molecule has 1 aliphatic heterocycles. The van der Waals surface area contributed by atoms with Crippen LogP contribution in [0.4, 0.5) is 0 Å². The molecule has 1 saturated heterocycles. The maximum atomic E-state index is 13.2. The summed E-state index contributed by atoms with van der Waals surface area (Å²) < 4.78 is 0. The van der Waals surface area contributed by atoms with Crippen LogP contribution in [0.3, 0.4) is 0 Å². The number of aliphatic carboxylic acids is 2. The molecule has 9 N–H and O–H groups in total. The minimum Gasteiger partial charge on any atom is -0.481 e. The first kappa shape index (κ1) is 27.2. The van der Waals surface area contributed by atoms with Crippen LogP contribution in [0.5, 0.6) is 0 Å². The summed E-state index contributed by atoms with van der Waals surface area (Å²) in [5.74, 6) is -5.76. The van der Waals surface area contributed by atoms with Crippen molar-refractivity contribution in [2.45, 2.75) is 62.7 Å². The number of hydrogen-bond donors (Lipinski definition) is 7. The van der Waals surface area contributed by atoms with Crippen LogP contribution in [0, 0.1) is 0 Å². The molecule has 0 aromatic carbocycles. The summed E-state index contributed by atoms with van der Waals surface area (Å²) in [6.45, 7) is 0.120. The summed E-state index contributed by atoms with van der Waals surface area (Å²) in [5, 5.41) is 22.7. The van der Waals surface area contributed by atoms with Gasteiger partial charge in [0.05, 0.1) is 18.8 Å². The summed E-state index contributed by atoms with van der Waals surface area (Å²) in [7, 11) is 0. The van der Waals surface area contributed by atoms with E-state index in [1.54, 1.807) is 0 Å². The molecule has 4 atom stereocenters. The van der Waals surface area contributed by atoms with Crippen molar-refractivity contribution in [1.82, 2.24) is 25.5 Å². The number of primary amides is 1. The van der Waals surface area contributed by atoms with Gasteiger partial charge in [-0.05, 0) is 19.3 Å². The lowest BCUT2D eigenvalue weighted by molar-refractivity contribution is -0.146. The Morgan fingerprint density at radius 3 is 2.46 bits per heavy atom. The maximum absolute atomic E-state index is 13.2. The highest BCUT2D eigenvalue weighted by molar-refractivity contribution is 5.96.